The number of likely N-dealkylation sites (tertiary alicyclic amines) is 1. The number of aryl methyl sites for hydroxylation is 1. The van der Waals surface area contributed by atoms with Gasteiger partial charge in [0.2, 0.25) is 0 Å². The molecule has 9 heteroatoms. The zero-order chi connectivity index (χ0) is 22.5. The molecule has 4 rings (SSSR count). The molecule has 1 aromatic carbocycles. The van der Waals surface area contributed by atoms with Crippen LogP contribution in [0.4, 0.5) is 13.2 Å². The average molecular weight is 451 g/mol. The van der Waals surface area contributed by atoms with E-state index >= 15 is 0 Å². The van der Waals surface area contributed by atoms with Crippen molar-refractivity contribution in [2.24, 2.45) is 0 Å². The lowest BCUT2D eigenvalue weighted by atomic mass is 9.97. The van der Waals surface area contributed by atoms with Gasteiger partial charge < -0.3 is 4.90 Å². The summed E-state index contributed by atoms with van der Waals surface area (Å²) >= 11 is 6.41. The Bertz CT molecular complexity index is 1130. The van der Waals surface area contributed by atoms with E-state index in [-0.39, 0.29) is 34.1 Å². The summed E-state index contributed by atoms with van der Waals surface area (Å²) in [6.07, 6.45) is -2.07. The second-order valence-electron chi connectivity index (χ2n) is 8.13. The highest BCUT2D eigenvalue weighted by Crippen LogP contribution is 2.35. The Hall–Kier alpha value is -2.61. The van der Waals surface area contributed by atoms with E-state index < -0.39 is 17.8 Å². The second-order valence-corrected chi connectivity index (χ2v) is 8.51. The van der Waals surface area contributed by atoms with E-state index in [2.05, 4.69) is 10.1 Å². The Morgan fingerprint density at radius 2 is 1.74 bits per heavy atom. The number of hydrogen-bond donors (Lipinski definition) is 0. The van der Waals surface area contributed by atoms with Gasteiger partial charge in [-0.2, -0.15) is 18.3 Å². The van der Waals surface area contributed by atoms with Crippen molar-refractivity contribution in [2.45, 2.75) is 58.3 Å². The van der Waals surface area contributed by atoms with E-state index in [0.29, 0.717) is 10.1 Å². The van der Waals surface area contributed by atoms with E-state index in [4.69, 9.17) is 11.6 Å². The number of halogens is 4. The lowest BCUT2D eigenvalue weighted by Gasteiger charge is -2.38. The third-order valence-electron chi connectivity index (χ3n) is 5.80. The quantitative estimate of drug-likeness (QED) is 0.497. The van der Waals surface area contributed by atoms with Crippen LogP contribution in [0.15, 0.2) is 30.3 Å². The van der Waals surface area contributed by atoms with Gasteiger partial charge in [-0.3, -0.25) is 4.79 Å². The number of piperidine rings is 1. The summed E-state index contributed by atoms with van der Waals surface area (Å²) in [6, 6.07) is 7.82. The van der Waals surface area contributed by atoms with Crippen LogP contribution in [-0.2, 0) is 6.18 Å². The standard InChI is InChI=1S/C22H22ClF3N4O/c1-12-7-9-15(10-8-12)16-11-17(22(24,25)26)30-20(27-16)18(23)19(28-30)21(31)29-13(2)5-4-6-14(29)3/h7-11,13-14H,4-6H2,1-3H3/t13-,14-/m0/s1. The first kappa shape index (κ1) is 21.6. The third-order valence-corrected chi connectivity index (χ3v) is 6.15. The van der Waals surface area contributed by atoms with Gasteiger partial charge in [0, 0.05) is 17.6 Å². The molecule has 0 aliphatic carbocycles. The Balaban J connectivity index is 1.89. The normalized spacial score (nSPS) is 19.8. The molecule has 0 spiro atoms. The number of carbonyl (C=O) groups is 1. The van der Waals surface area contributed by atoms with Crippen LogP contribution in [0.25, 0.3) is 16.9 Å². The molecule has 0 saturated carbocycles. The van der Waals surface area contributed by atoms with Crippen LogP contribution in [0.5, 0.6) is 0 Å². The van der Waals surface area contributed by atoms with E-state index in [1.165, 1.54) is 0 Å². The third kappa shape index (κ3) is 3.89. The van der Waals surface area contributed by atoms with Crippen molar-refractivity contribution in [1.29, 1.82) is 0 Å². The topological polar surface area (TPSA) is 50.5 Å². The van der Waals surface area contributed by atoms with Gasteiger partial charge in [-0.05, 0) is 46.1 Å². The minimum absolute atomic E-state index is 0.0460. The van der Waals surface area contributed by atoms with Gasteiger partial charge in [0.05, 0.1) is 5.69 Å². The predicted molar refractivity (Wildman–Crippen MR) is 112 cm³/mol. The van der Waals surface area contributed by atoms with Gasteiger partial charge in [-0.15, -0.1) is 0 Å². The molecular formula is C22H22ClF3N4O. The Kier molecular flexibility index (Phi) is 5.45. The summed E-state index contributed by atoms with van der Waals surface area (Å²) in [5.41, 5.74) is 0.172. The molecular weight excluding hydrogens is 429 g/mol. The number of benzene rings is 1. The summed E-state index contributed by atoms with van der Waals surface area (Å²) < 4.78 is 42.2. The molecule has 0 N–H and O–H groups in total. The monoisotopic (exact) mass is 450 g/mol. The first-order valence-corrected chi connectivity index (χ1v) is 10.5. The van der Waals surface area contributed by atoms with Crippen LogP contribution in [0.1, 0.15) is 54.9 Å². The van der Waals surface area contributed by atoms with Crippen LogP contribution in [0.2, 0.25) is 5.02 Å². The van der Waals surface area contributed by atoms with Gasteiger partial charge in [0.15, 0.2) is 17.0 Å². The van der Waals surface area contributed by atoms with Gasteiger partial charge in [-0.1, -0.05) is 41.4 Å². The molecule has 3 heterocycles. The summed E-state index contributed by atoms with van der Waals surface area (Å²) in [5, 5.41) is 3.81. The number of rotatable bonds is 2. The number of alkyl halides is 3. The molecule has 1 aliphatic rings. The Morgan fingerprint density at radius 1 is 1.13 bits per heavy atom. The maximum absolute atomic E-state index is 13.9. The SMILES string of the molecule is Cc1ccc(-c2cc(C(F)(F)F)n3nc(C(=O)N4[C@@H](C)CCC[C@@H]4C)c(Cl)c3n2)cc1. The van der Waals surface area contributed by atoms with Crippen LogP contribution >= 0.6 is 11.6 Å². The summed E-state index contributed by atoms with van der Waals surface area (Å²) in [7, 11) is 0. The van der Waals surface area contributed by atoms with Crippen LogP contribution in [0.3, 0.4) is 0 Å². The van der Waals surface area contributed by atoms with Crippen molar-refractivity contribution in [3.05, 3.63) is 52.3 Å². The number of amides is 1. The maximum atomic E-state index is 13.9. The minimum Gasteiger partial charge on any atom is -0.332 e. The van der Waals surface area contributed by atoms with Crippen molar-refractivity contribution < 1.29 is 18.0 Å². The smallest absolute Gasteiger partial charge is 0.332 e. The highest BCUT2D eigenvalue weighted by molar-refractivity contribution is 6.36. The van der Waals surface area contributed by atoms with Crippen molar-refractivity contribution >= 4 is 23.2 Å². The minimum atomic E-state index is -4.71. The van der Waals surface area contributed by atoms with E-state index in [9.17, 15) is 18.0 Å². The lowest BCUT2D eigenvalue weighted by Crippen LogP contribution is -2.47. The van der Waals surface area contributed by atoms with Gasteiger partial charge in [0.25, 0.3) is 5.91 Å². The summed E-state index contributed by atoms with van der Waals surface area (Å²) in [6.45, 7) is 5.73. The van der Waals surface area contributed by atoms with E-state index in [1.807, 2.05) is 20.8 Å². The number of aromatic nitrogens is 3. The summed E-state index contributed by atoms with van der Waals surface area (Å²) in [5.74, 6) is -0.472. The highest BCUT2D eigenvalue weighted by Gasteiger charge is 2.38. The molecule has 0 bridgehead atoms. The molecule has 2 atom stereocenters. The molecule has 2 aromatic heterocycles. The fourth-order valence-electron chi connectivity index (χ4n) is 4.15. The lowest BCUT2D eigenvalue weighted by molar-refractivity contribution is -0.142. The molecule has 1 aliphatic heterocycles. The van der Waals surface area contributed by atoms with E-state index in [1.54, 1.807) is 29.2 Å². The second kappa shape index (κ2) is 7.82. The molecule has 31 heavy (non-hydrogen) atoms. The molecule has 1 amide bonds. The Morgan fingerprint density at radius 3 is 2.32 bits per heavy atom. The molecule has 3 aromatic rings. The predicted octanol–water partition coefficient (Wildman–Crippen LogP) is 5.78. The molecule has 164 valence electrons. The number of hydrogen-bond acceptors (Lipinski definition) is 3. The van der Waals surface area contributed by atoms with Gasteiger partial charge >= 0.3 is 6.18 Å². The molecule has 1 fully saturated rings. The number of nitrogens with zero attached hydrogens (tertiary/aromatic N) is 4. The Labute approximate surface area is 182 Å². The molecule has 0 unspecified atom stereocenters. The van der Waals surface area contributed by atoms with Crippen molar-refractivity contribution in [1.82, 2.24) is 19.5 Å². The van der Waals surface area contributed by atoms with Crippen molar-refractivity contribution in [2.75, 3.05) is 0 Å². The number of fused-ring (bicyclic) bond motifs is 1. The van der Waals surface area contributed by atoms with E-state index in [0.717, 1.165) is 30.9 Å². The fraction of sp³-hybridized carbons (Fsp3) is 0.409. The average Bonchev–Trinajstić information content (AvgIpc) is 3.03. The van der Waals surface area contributed by atoms with Crippen molar-refractivity contribution in [3.63, 3.8) is 0 Å². The maximum Gasteiger partial charge on any atom is 0.433 e. The zero-order valence-corrected chi connectivity index (χ0v) is 18.1. The van der Waals surface area contributed by atoms with Crippen LogP contribution < -0.4 is 0 Å². The fourth-order valence-corrected chi connectivity index (χ4v) is 4.39. The highest BCUT2D eigenvalue weighted by atomic mass is 35.5. The first-order chi connectivity index (χ1) is 14.6. The molecule has 0 radical (unpaired) electrons. The molecule has 5 nitrogen and oxygen atoms in total. The van der Waals surface area contributed by atoms with Gasteiger partial charge in [0.1, 0.15) is 5.02 Å². The first-order valence-electron chi connectivity index (χ1n) is 10.1. The number of carbonyl (C=O) groups excluding carboxylic acids is 1. The molecule has 1 saturated heterocycles. The van der Waals surface area contributed by atoms with Crippen LogP contribution in [-0.4, -0.2) is 37.5 Å². The van der Waals surface area contributed by atoms with Crippen LogP contribution in [0, 0.1) is 6.92 Å². The van der Waals surface area contributed by atoms with Crippen molar-refractivity contribution in [3.8, 4) is 11.3 Å². The van der Waals surface area contributed by atoms with Gasteiger partial charge in [-0.25, -0.2) is 9.50 Å². The zero-order valence-electron chi connectivity index (χ0n) is 17.4. The summed E-state index contributed by atoms with van der Waals surface area (Å²) in [4.78, 5) is 19.2. The largest absolute Gasteiger partial charge is 0.433 e.